The number of anilines is 1. The van der Waals surface area contributed by atoms with Gasteiger partial charge in [0.25, 0.3) is 5.91 Å². The van der Waals surface area contributed by atoms with Gasteiger partial charge in [-0.05, 0) is 63.9 Å². The van der Waals surface area contributed by atoms with E-state index in [1.807, 2.05) is 6.92 Å². The maximum absolute atomic E-state index is 13.7. The van der Waals surface area contributed by atoms with Gasteiger partial charge >= 0.3 is 6.09 Å². The van der Waals surface area contributed by atoms with Gasteiger partial charge in [-0.25, -0.2) is 4.79 Å². The number of phenolic OH excluding ortho intramolecular Hbond substituents is 1. The number of aromatic hydroxyl groups is 1. The van der Waals surface area contributed by atoms with Crippen molar-refractivity contribution in [1.82, 2.24) is 10.2 Å². The van der Waals surface area contributed by atoms with Gasteiger partial charge in [0.2, 0.25) is 5.91 Å². The van der Waals surface area contributed by atoms with Crippen LogP contribution in [0.2, 0.25) is 0 Å². The number of carbonyl (C=O) groups is 3. The van der Waals surface area contributed by atoms with E-state index in [4.69, 9.17) is 9.47 Å². The van der Waals surface area contributed by atoms with E-state index in [0.717, 1.165) is 0 Å². The van der Waals surface area contributed by atoms with Crippen LogP contribution < -0.4 is 15.4 Å². The highest BCUT2D eigenvalue weighted by Gasteiger charge is 2.37. The Bertz CT molecular complexity index is 1080. The fourth-order valence-corrected chi connectivity index (χ4v) is 3.68. The van der Waals surface area contributed by atoms with Crippen molar-refractivity contribution in [3.63, 3.8) is 0 Å². The van der Waals surface area contributed by atoms with Crippen LogP contribution in [0.1, 0.15) is 51.3 Å². The minimum atomic E-state index is -1.37. The van der Waals surface area contributed by atoms with Crippen molar-refractivity contribution >= 4 is 23.6 Å². The first-order valence-corrected chi connectivity index (χ1v) is 12.1. The molecule has 0 aromatic heterocycles. The molecule has 10 nitrogen and oxygen atoms in total. The van der Waals surface area contributed by atoms with Gasteiger partial charge in [0.05, 0.1) is 13.7 Å². The highest BCUT2D eigenvalue weighted by molar-refractivity contribution is 5.99. The monoisotopic (exact) mass is 515 g/mol. The highest BCUT2D eigenvalue weighted by Crippen LogP contribution is 2.33. The second-order valence-electron chi connectivity index (χ2n) is 9.55. The first-order valence-electron chi connectivity index (χ1n) is 12.1. The van der Waals surface area contributed by atoms with Crippen LogP contribution in [0.25, 0.3) is 0 Å². The maximum atomic E-state index is 13.7. The van der Waals surface area contributed by atoms with Crippen LogP contribution in [0, 0.1) is 6.92 Å². The van der Waals surface area contributed by atoms with Gasteiger partial charge in [0, 0.05) is 17.8 Å². The quantitative estimate of drug-likeness (QED) is 0.380. The molecule has 0 saturated heterocycles. The number of aryl methyl sites for hydroxylation is 1. The number of carbonyl (C=O) groups excluding carboxylic acids is 3. The van der Waals surface area contributed by atoms with E-state index in [1.165, 1.54) is 12.0 Å². The van der Waals surface area contributed by atoms with Crippen LogP contribution in [-0.4, -0.2) is 64.9 Å². The van der Waals surface area contributed by atoms with Crippen molar-refractivity contribution in [3.8, 4) is 11.5 Å². The molecule has 0 aliphatic carbocycles. The van der Waals surface area contributed by atoms with E-state index >= 15 is 0 Å². The summed E-state index contributed by atoms with van der Waals surface area (Å²) in [5.74, 6) is -0.813. The molecule has 202 valence electrons. The molecule has 0 spiro atoms. The average Bonchev–Trinajstić information content (AvgIpc) is 2.83. The normalized spacial score (nSPS) is 12.7. The molecule has 0 bridgehead atoms. The molecular formula is C27H37N3O7. The molecule has 0 aliphatic rings. The molecule has 0 fully saturated rings. The van der Waals surface area contributed by atoms with E-state index in [9.17, 15) is 24.6 Å². The predicted molar refractivity (Wildman–Crippen MR) is 139 cm³/mol. The lowest BCUT2D eigenvalue weighted by molar-refractivity contribution is -0.141. The number of benzene rings is 2. The Morgan fingerprint density at radius 2 is 1.73 bits per heavy atom. The number of nitrogens with one attached hydrogen (secondary N) is 2. The third kappa shape index (κ3) is 8.11. The van der Waals surface area contributed by atoms with Gasteiger partial charge in [0.1, 0.15) is 29.2 Å². The van der Waals surface area contributed by atoms with Gasteiger partial charge < -0.3 is 35.2 Å². The number of methoxy groups -OCH3 is 1. The molecule has 4 N–H and O–H groups in total. The summed E-state index contributed by atoms with van der Waals surface area (Å²) in [6.07, 6.45) is -0.413. The maximum Gasteiger partial charge on any atom is 0.408 e. The molecule has 2 aromatic carbocycles. The Morgan fingerprint density at radius 3 is 2.27 bits per heavy atom. The summed E-state index contributed by atoms with van der Waals surface area (Å²) < 4.78 is 10.4. The molecule has 10 heteroatoms. The number of aliphatic hydroxyl groups is 1. The molecule has 0 heterocycles. The second-order valence-corrected chi connectivity index (χ2v) is 9.55. The number of para-hydroxylation sites is 1. The summed E-state index contributed by atoms with van der Waals surface area (Å²) in [6, 6.07) is 8.94. The Hall–Kier alpha value is -3.79. The number of ether oxygens (including phenoxy) is 2. The van der Waals surface area contributed by atoms with Crippen LogP contribution >= 0.6 is 0 Å². The van der Waals surface area contributed by atoms with Gasteiger partial charge in [-0.3, -0.25) is 9.59 Å². The molecule has 2 unspecified atom stereocenters. The molecule has 2 atom stereocenters. The van der Waals surface area contributed by atoms with Crippen LogP contribution in [0.4, 0.5) is 10.5 Å². The minimum absolute atomic E-state index is 0.111. The Labute approximate surface area is 217 Å². The van der Waals surface area contributed by atoms with Crippen molar-refractivity contribution in [2.45, 2.75) is 58.7 Å². The summed E-state index contributed by atoms with van der Waals surface area (Å²) >= 11 is 0. The predicted octanol–water partition coefficient (Wildman–Crippen LogP) is 3.51. The largest absolute Gasteiger partial charge is 0.507 e. The Morgan fingerprint density at radius 1 is 1.08 bits per heavy atom. The van der Waals surface area contributed by atoms with Crippen LogP contribution in [0.5, 0.6) is 11.5 Å². The molecule has 0 radical (unpaired) electrons. The standard InChI is InChI=1S/C27H37N3O7/c1-7-15-30(25(34)21(16-31)29-26(35)37-27(3,4)5)22(20-10-8-9-17(2)23(20)32)24(33)28-18-11-13-19(36-6)14-12-18/h8-14,21-22,31-32H,7,15-16H2,1-6H3,(H,28,33)(H,29,35). The van der Waals surface area contributed by atoms with Crippen LogP contribution in [0.3, 0.4) is 0 Å². The number of hydrogen-bond acceptors (Lipinski definition) is 7. The fraction of sp³-hybridized carbons (Fsp3) is 0.444. The van der Waals surface area contributed by atoms with Gasteiger partial charge in [0.15, 0.2) is 0 Å². The fourth-order valence-electron chi connectivity index (χ4n) is 3.68. The number of alkyl carbamates (subject to hydrolysis) is 1. The van der Waals surface area contributed by atoms with Crippen molar-refractivity contribution < 1.29 is 34.1 Å². The SMILES string of the molecule is CCCN(C(=O)C(CO)NC(=O)OC(C)(C)C)C(C(=O)Nc1ccc(OC)cc1)c1cccc(C)c1O. The van der Waals surface area contributed by atoms with E-state index in [1.54, 1.807) is 70.2 Å². The van der Waals surface area contributed by atoms with E-state index < -0.39 is 42.2 Å². The van der Waals surface area contributed by atoms with Crippen molar-refractivity contribution in [2.75, 3.05) is 25.6 Å². The summed E-state index contributed by atoms with van der Waals surface area (Å²) in [5, 5.41) is 26.0. The number of hydrogen-bond donors (Lipinski definition) is 4. The third-order valence-corrected chi connectivity index (χ3v) is 5.40. The molecule has 0 aliphatic heterocycles. The first kappa shape index (κ1) is 29.4. The van der Waals surface area contributed by atoms with E-state index in [-0.39, 0.29) is 17.9 Å². The third-order valence-electron chi connectivity index (χ3n) is 5.40. The Kier molecular flexibility index (Phi) is 10.3. The lowest BCUT2D eigenvalue weighted by Gasteiger charge is -2.34. The zero-order chi connectivity index (χ0) is 27.8. The smallest absolute Gasteiger partial charge is 0.408 e. The van der Waals surface area contributed by atoms with E-state index in [0.29, 0.717) is 23.4 Å². The lowest BCUT2D eigenvalue weighted by Crippen LogP contribution is -2.54. The number of amides is 3. The summed E-state index contributed by atoms with van der Waals surface area (Å²) in [6.45, 7) is 7.92. The molecule has 2 aromatic rings. The second kappa shape index (κ2) is 13.0. The van der Waals surface area contributed by atoms with E-state index in [2.05, 4.69) is 10.6 Å². The number of aliphatic hydroxyl groups excluding tert-OH is 1. The minimum Gasteiger partial charge on any atom is -0.507 e. The Balaban J connectivity index is 2.48. The molecule has 37 heavy (non-hydrogen) atoms. The molecule has 2 rings (SSSR count). The topological polar surface area (TPSA) is 137 Å². The molecular weight excluding hydrogens is 478 g/mol. The molecule has 3 amide bonds. The van der Waals surface area contributed by atoms with Crippen molar-refractivity contribution in [3.05, 3.63) is 53.6 Å². The summed E-state index contributed by atoms with van der Waals surface area (Å²) in [4.78, 5) is 40.9. The highest BCUT2D eigenvalue weighted by atomic mass is 16.6. The van der Waals surface area contributed by atoms with Gasteiger partial charge in [-0.2, -0.15) is 0 Å². The number of phenols is 1. The number of nitrogens with zero attached hydrogens (tertiary/aromatic N) is 1. The summed E-state index contributed by atoms with van der Waals surface area (Å²) in [5.41, 5.74) is 0.373. The lowest BCUT2D eigenvalue weighted by atomic mass is 9.99. The first-order chi connectivity index (χ1) is 17.4. The van der Waals surface area contributed by atoms with Gasteiger partial charge in [-0.1, -0.05) is 25.1 Å². The van der Waals surface area contributed by atoms with Crippen LogP contribution in [-0.2, 0) is 14.3 Å². The number of rotatable bonds is 10. The van der Waals surface area contributed by atoms with Gasteiger partial charge in [-0.15, -0.1) is 0 Å². The average molecular weight is 516 g/mol. The molecule has 0 saturated carbocycles. The van der Waals surface area contributed by atoms with Crippen molar-refractivity contribution in [1.29, 1.82) is 0 Å². The van der Waals surface area contributed by atoms with Crippen LogP contribution in [0.15, 0.2) is 42.5 Å². The zero-order valence-corrected chi connectivity index (χ0v) is 22.2. The summed E-state index contributed by atoms with van der Waals surface area (Å²) in [7, 11) is 1.53. The van der Waals surface area contributed by atoms with Crippen molar-refractivity contribution in [2.24, 2.45) is 0 Å². The zero-order valence-electron chi connectivity index (χ0n) is 22.2.